The molecule has 0 amide bonds. The normalized spacial score (nSPS) is 34.8. The molecule has 0 radical (unpaired) electrons. The first-order chi connectivity index (χ1) is 21.9. The molecule has 4 fully saturated rings. The summed E-state index contributed by atoms with van der Waals surface area (Å²) in [5, 5.41) is 0. The van der Waals surface area contributed by atoms with Crippen molar-refractivity contribution in [3.8, 4) is 0 Å². The van der Waals surface area contributed by atoms with Crippen LogP contribution in [0.1, 0.15) is 91.0 Å². The van der Waals surface area contributed by atoms with Gasteiger partial charge in [0.25, 0.3) is 0 Å². The fraction of sp³-hybridized carbons (Fsp3) is 0.737. The summed E-state index contributed by atoms with van der Waals surface area (Å²) in [6.07, 6.45) is 7.88. The van der Waals surface area contributed by atoms with Crippen molar-refractivity contribution in [2.24, 2.45) is 23.7 Å². The van der Waals surface area contributed by atoms with Crippen molar-refractivity contribution in [3.05, 3.63) is 54.1 Å². The lowest BCUT2D eigenvalue weighted by molar-refractivity contribution is -0.0752. The first-order valence-corrected chi connectivity index (χ1v) is 19.4. The molecule has 4 aliphatic rings. The lowest BCUT2D eigenvalue weighted by Crippen LogP contribution is -2.38. The molecule has 258 valence electrons. The summed E-state index contributed by atoms with van der Waals surface area (Å²) in [5.74, 6) is 0.940. The molecular weight excluding hydrogens is 600 g/mol. The molecule has 0 aliphatic carbocycles. The van der Waals surface area contributed by atoms with Crippen LogP contribution in [0.15, 0.2) is 53.5 Å². The Morgan fingerprint density at radius 2 is 1.57 bits per heavy atom. The zero-order chi connectivity index (χ0) is 33.0. The Bertz CT molecular complexity index is 1270. The van der Waals surface area contributed by atoms with E-state index < -0.39 is 9.84 Å². The molecule has 4 heterocycles. The molecule has 4 aliphatic heterocycles. The van der Waals surface area contributed by atoms with E-state index in [0.29, 0.717) is 36.4 Å². The number of ether oxygens (including phenoxy) is 5. The zero-order valence-corrected chi connectivity index (χ0v) is 29.6. The van der Waals surface area contributed by atoms with Gasteiger partial charge >= 0.3 is 0 Å². The SMILES string of the molecule is C=C1C[C@H](CCC2OCCO2)O[C@H]1CC[C@H]1C[C@H](C)C(=C)[C@@H](C[C@@H]2O[C@H](C[C@H](C)CC)[C@@H](C)[C@H]2CS(=O)(=O)c2ccc(C)cc2)O1. The second kappa shape index (κ2) is 15.8. The Balaban J connectivity index is 1.21. The molecule has 4 saturated heterocycles. The highest BCUT2D eigenvalue weighted by molar-refractivity contribution is 7.91. The quantitative estimate of drug-likeness (QED) is 0.190. The van der Waals surface area contributed by atoms with E-state index >= 15 is 0 Å². The summed E-state index contributed by atoms with van der Waals surface area (Å²) >= 11 is 0. The molecule has 0 aromatic heterocycles. The van der Waals surface area contributed by atoms with Gasteiger partial charge in [0.05, 0.1) is 60.5 Å². The van der Waals surface area contributed by atoms with Gasteiger partial charge in [-0.05, 0) is 86.5 Å². The predicted octanol–water partition coefficient (Wildman–Crippen LogP) is 7.61. The minimum atomic E-state index is -3.48. The van der Waals surface area contributed by atoms with Gasteiger partial charge in [-0.1, -0.05) is 65.0 Å². The first kappa shape index (κ1) is 35.7. The van der Waals surface area contributed by atoms with E-state index in [9.17, 15) is 8.42 Å². The number of benzene rings is 1. The van der Waals surface area contributed by atoms with Gasteiger partial charge in [0.1, 0.15) is 0 Å². The van der Waals surface area contributed by atoms with Gasteiger partial charge in [-0.15, -0.1) is 0 Å². The van der Waals surface area contributed by atoms with Crippen LogP contribution in [0.4, 0.5) is 0 Å². The highest BCUT2D eigenvalue weighted by atomic mass is 32.2. The maximum Gasteiger partial charge on any atom is 0.178 e. The Labute approximate surface area is 278 Å². The highest BCUT2D eigenvalue weighted by Crippen LogP contribution is 2.43. The van der Waals surface area contributed by atoms with Crippen molar-refractivity contribution in [2.45, 2.75) is 140 Å². The summed E-state index contributed by atoms with van der Waals surface area (Å²) in [6.45, 7) is 21.0. The smallest absolute Gasteiger partial charge is 0.178 e. The number of sulfone groups is 1. The standard InChI is InChI=1S/C38H58O7S/c1-8-24(2)19-35-29(7)33(23-46(39,40)32-13-9-25(3)10-14-32)37(45-35)22-36-28(6)26(4)20-30(44-36)11-15-34-27(5)21-31(43-34)12-16-38-41-17-18-42-38/h9-10,13-14,24,26,29-31,33-38H,5-6,8,11-12,15-23H2,1-4,7H3/t24-,26+,29+,30+,31+,33-,34+,35-,36-,37+/m1/s1. The molecule has 0 saturated carbocycles. The summed E-state index contributed by atoms with van der Waals surface area (Å²) in [4.78, 5) is 0.389. The van der Waals surface area contributed by atoms with Gasteiger partial charge in [0.2, 0.25) is 0 Å². The van der Waals surface area contributed by atoms with Gasteiger partial charge in [-0.3, -0.25) is 0 Å². The predicted molar refractivity (Wildman–Crippen MR) is 181 cm³/mol. The second-order valence-electron chi connectivity index (χ2n) is 14.7. The van der Waals surface area contributed by atoms with Crippen LogP contribution in [0.25, 0.3) is 0 Å². The molecule has 0 unspecified atom stereocenters. The van der Waals surface area contributed by atoms with E-state index in [1.165, 1.54) is 5.57 Å². The molecular formula is C38H58O7S. The molecule has 7 nitrogen and oxygen atoms in total. The van der Waals surface area contributed by atoms with E-state index in [1.807, 2.05) is 19.1 Å². The van der Waals surface area contributed by atoms with Crippen LogP contribution in [-0.2, 0) is 33.5 Å². The van der Waals surface area contributed by atoms with Crippen LogP contribution in [0.3, 0.4) is 0 Å². The maximum atomic E-state index is 13.7. The van der Waals surface area contributed by atoms with Crippen molar-refractivity contribution in [1.29, 1.82) is 0 Å². The third kappa shape index (κ3) is 8.91. The van der Waals surface area contributed by atoms with Crippen LogP contribution < -0.4 is 0 Å². The average Bonchev–Trinajstić information content (AvgIpc) is 3.74. The minimum absolute atomic E-state index is 0.0357. The van der Waals surface area contributed by atoms with Crippen molar-refractivity contribution in [3.63, 3.8) is 0 Å². The van der Waals surface area contributed by atoms with Crippen LogP contribution in [0, 0.1) is 30.6 Å². The van der Waals surface area contributed by atoms with E-state index in [0.717, 1.165) is 62.5 Å². The number of aryl methyl sites for hydroxylation is 1. The van der Waals surface area contributed by atoms with Gasteiger partial charge in [0.15, 0.2) is 16.1 Å². The Kier molecular flexibility index (Phi) is 12.3. The van der Waals surface area contributed by atoms with Gasteiger partial charge in [0, 0.05) is 18.8 Å². The Morgan fingerprint density at radius 3 is 2.26 bits per heavy atom. The van der Waals surface area contributed by atoms with Crippen molar-refractivity contribution in [1.82, 2.24) is 0 Å². The van der Waals surface area contributed by atoms with Crippen LogP contribution in [0.5, 0.6) is 0 Å². The third-order valence-corrected chi connectivity index (χ3v) is 13.0. The maximum absolute atomic E-state index is 13.7. The molecule has 46 heavy (non-hydrogen) atoms. The minimum Gasteiger partial charge on any atom is -0.374 e. The summed E-state index contributed by atoms with van der Waals surface area (Å²) in [7, 11) is -3.48. The van der Waals surface area contributed by atoms with Crippen molar-refractivity contribution in [2.75, 3.05) is 19.0 Å². The molecule has 10 atom stereocenters. The zero-order valence-electron chi connectivity index (χ0n) is 28.8. The molecule has 8 heteroatoms. The van der Waals surface area contributed by atoms with Crippen LogP contribution in [0.2, 0.25) is 0 Å². The summed E-state index contributed by atoms with van der Waals surface area (Å²) < 4.78 is 58.5. The lowest BCUT2D eigenvalue weighted by atomic mass is 9.81. The highest BCUT2D eigenvalue weighted by Gasteiger charge is 2.46. The fourth-order valence-electron chi connectivity index (χ4n) is 7.80. The second-order valence-corrected chi connectivity index (χ2v) is 16.7. The van der Waals surface area contributed by atoms with E-state index in [1.54, 1.807) is 12.1 Å². The van der Waals surface area contributed by atoms with Crippen molar-refractivity contribution < 1.29 is 32.1 Å². The fourth-order valence-corrected chi connectivity index (χ4v) is 9.57. The Morgan fingerprint density at radius 1 is 0.891 bits per heavy atom. The largest absolute Gasteiger partial charge is 0.374 e. The third-order valence-electron chi connectivity index (χ3n) is 11.1. The molecule has 1 aromatic carbocycles. The average molecular weight is 659 g/mol. The van der Waals surface area contributed by atoms with Crippen LogP contribution in [-0.4, -0.2) is 70.3 Å². The first-order valence-electron chi connectivity index (χ1n) is 17.8. The lowest BCUT2D eigenvalue weighted by Gasteiger charge is -2.38. The monoisotopic (exact) mass is 658 g/mol. The number of hydrogen-bond acceptors (Lipinski definition) is 7. The molecule has 0 bridgehead atoms. The Hall–Kier alpha value is -1.55. The van der Waals surface area contributed by atoms with Crippen LogP contribution >= 0.6 is 0 Å². The molecule has 1 aromatic rings. The van der Waals surface area contributed by atoms with E-state index in [2.05, 4.69) is 40.9 Å². The molecule has 5 rings (SSSR count). The molecule has 0 N–H and O–H groups in total. The summed E-state index contributed by atoms with van der Waals surface area (Å²) in [6, 6.07) is 7.22. The topological polar surface area (TPSA) is 80.3 Å². The van der Waals surface area contributed by atoms with Gasteiger partial charge in [-0.25, -0.2) is 8.42 Å². The van der Waals surface area contributed by atoms with E-state index in [-0.39, 0.29) is 60.5 Å². The number of hydrogen-bond donors (Lipinski definition) is 0. The van der Waals surface area contributed by atoms with E-state index in [4.69, 9.17) is 23.7 Å². The van der Waals surface area contributed by atoms with Gasteiger partial charge < -0.3 is 23.7 Å². The molecule has 0 spiro atoms. The van der Waals surface area contributed by atoms with Gasteiger partial charge in [-0.2, -0.15) is 0 Å². The number of rotatable bonds is 14. The van der Waals surface area contributed by atoms with Crippen molar-refractivity contribution >= 4 is 9.84 Å². The summed E-state index contributed by atoms with van der Waals surface area (Å²) in [5.41, 5.74) is 3.31.